The van der Waals surface area contributed by atoms with Gasteiger partial charge in [-0.05, 0) is 41.8 Å². The van der Waals surface area contributed by atoms with Gasteiger partial charge in [-0.15, -0.1) is 0 Å². The number of nitrogens with one attached hydrogen (secondary N) is 1. The standard InChI is InChI=1S/C27H23ClN4O2S/c28-20-12-10-19(11-13-20)17-35-27-31-22-9-5-4-8-21(22)25-30-23(26(34)32(25)27)16-24(33)29-15-14-18-6-2-1-3-7-18/h1-13,23H,14-17H2,(H,29,33)/t23-/m1/s1. The summed E-state index contributed by atoms with van der Waals surface area (Å²) in [5.41, 5.74) is 3.78. The first kappa shape index (κ1) is 23.3. The average Bonchev–Trinajstić information content (AvgIpc) is 3.20. The molecule has 1 N–H and O–H groups in total. The molecular weight excluding hydrogens is 480 g/mol. The number of para-hydroxylation sites is 1. The minimum atomic E-state index is -0.769. The Morgan fingerprint density at radius 1 is 0.971 bits per heavy atom. The van der Waals surface area contributed by atoms with Crippen LogP contribution in [0.25, 0.3) is 0 Å². The first-order chi connectivity index (χ1) is 17.1. The summed E-state index contributed by atoms with van der Waals surface area (Å²) in [6.07, 6.45) is 0.738. The van der Waals surface area contributed by atoms with E-state index in [4.69, 9.17) is 16.6 Å². The lowest BCUT2D eigenvalue weighted by Gasteiger charge is -2.25. The maximum Gasteiger partial charge on any atom is 0.259 e. The van der Waals surface area contributed by atoms with E-state index in [1.165, 1.54) is 11.8 Å². The Morgan fingerprint density at radius 2 is 1.71 bits per heavy atom. The topological polar surface area (TPSA) is 74.1 Å². The van der Waals surface area contributed by atoms with Crippen molar-refractivity contribution < 1.29 is 9.59 Å². The molecule has 0 fully saturated rings. The second-order valence-electron chi connectivity index (χ2n) is 8.26. The predicted molar refractivity (Wildman–Crippen MR) is 141 cm³/mol. The van der Waals surface area contributed by atoms with Gasteiger partial charge >= 0.3 is 0 Å². The molecule has 0 spiro atoms. The summed E-state index contributed by atoms with van der Waals surface area (Å²) in [7, 11) is 0. The Bertz CT molecular complexity index is 1310. The maximum atomic E-state index is 13.4. The van der Waals surface area contributed by atoms with Gasteiger partial charge in [0.05, 0.1) is 12.1 Å². The molecule has 2 amide bonds. The van der Waals surface area contributed by atoms with Crippen LogP contribution in [0.5, 0.6) is 0 Å². The fourth-order valence-corrected chi connectivity index (χ4v) is 5.08. The summed E-state index contributed by atoms with van der Waals surface area (Å²) in [4.78, 5) is 37.0. The van der Waals surface area contributed by atoms with E-state index in [1.807, 2.05) is 78.9 Å². The number of benzene rings is 3. The second-order valence-corrected chi connectivity index (χ2v) is 9.64. The molecule has 5 rings (SSSR count). The largest absolute Gasteiger partial charge is 0.356 e. The third-order valence-electron chi connectivity index (χ3n) is 5.79. The molecular formula is C27H23ClN4O2S. The number of nitrogens with zero attached hydrogens (tertiary/aromatic N) is 3. The van der Waals surface area contributed by atoms with Gasteiger partial charge in [0, 0.05) is 22.9 Å². The van der Waals surface area contributed by atoms with Crippen LogP contribution in [0, 0.1) is 0 Å². The average molecular weight is 503 g/mol. The van der Waals surface area contributed by atoms with Gasteiger partial charge in [-0.3, -0.25) is 14.6 Å². The SMILES string of the molecule is O=C(C[C@H]1N=C2c3ccccc3N=C(SCc3ccc(Cl)cc3)N2C1=O)NCCc1ccccc1. The molecule has 35 heavy (non-hydrogen) atoms. The minimum Gasteiger partial charge on any atom is -0.356 e. The molecule has 0 aliphatic carbocycles. The Hall–Kier alpha value is -3.42. The molecule has 6 nitrogen and oxygen atoms in total. The first-order valence-electron chi connectivity index (χ1n) is 11.4. The number of amidine groups is 2. The second kappa shape index (κ2) is 10.5. The molecule has 0 aromatic heterocycles. The van der Waals surface area contributed by atoms with Gasteiger partial charge in [-0.25, -0.2) is 9.89 Å². The summed E-state index contributed by atoms with van der Waals surface area (Å²) >= 11 is 7.46. The molecule has 8 heteroatoms. The fraction of sp³-hybridized carbons (Fsp3) is 0.185. The van der Waals surface area contributed by atoms with Gasteiger partial charge in [0.1, 0.15) is 11.9 Å². The van der Waals surface area contributed by atoms with Crippen LogP contribution in [0.4, 0.5) is 5.69 Å². The molecule has 1 atom stereocenters. The van der Waals surface area contributed by atoms with Crippen molar-refractivity contribution in [1.29, 1.82) is 0 Å². The number of hydrogen-bond donors (Lipinski definition) is 1. The van der Waals surface area contributed by atoms with E-state index in [0.29, 0.717) is 28.3 Å². The highest BCUT2D eigenvalue weighted by molar-refractivity contribution is 8.13. The van der Waals surface area contributed by atoms with Crippen LogP contribution in [0.15, 0.2) is 88.8 Å². The zero-order chi connectivity index (χ0) is 24.2. The van der Waals surface area contributed by atoms with Crippen molar-refractivity contribution >= 4 is 51.9 Å². The van der Waals surface area contributed by atoms with E-state index < -0.39 is 6.04 Å². The lowest BCUT2D eigenvalue weighted by atomic mass is 10.1. The van der Waals surface area contributed by atoms with Crippen molar-refractivity contribution in [2.75, 3.05) is 6.54 Å². The molecule has 3 aromatic rings. The van der Waals surface area contributed by atoms with Gasteiger partial charge in [0.25, 0.3) is 5.91 Å². The van der Waals surface area contributed by atoms with Crippen LogP contribution in [-0.2, 0) is 21.8 Å². The van der Waals surface area contributed by atoms with Gasteiger partial charge in [-0.1, -0.05) is 78.0 Å². The van der Waals surface area contributed by atoms with Crippen LogP contribution >= 0.6 is 23.4 Å². The van der Waals surface area contributed by atoms with Crippen molar-refractivity contribution in [3.63, 3.8) is 0 Å². The monoisotopic (exact) mass is 502 g/mol. The van der Waals surface area contributed by atoms with Crippen molar-refractivity contribution in [2.45, 2.75) is 24.6 Å². The van der Waals surface area contributed by atoms with Gasteiger partial charge < -0.3 is 5.32 Å². The molecule has 0 bridgehead atoms. The number of aliphatic imine (C=N–C) groups is 2. The lowest BCUT2D eigenvalue weighted by molar-refractivity contribution is -0.128. The smallest absolute Gasteiger partial charge is 0.259 e. The predicted octanol–water partition coefficient (Wildman–Crippen LogP) is 4.98. The quantitative estimate of drug-likeness (QED) is 0.495. The highest BCUT2D eigenvalue weighted by atomic mass is 35.5. The lowest BCUT2D eigenvalue weighted by Crippen LogP contribution is -2.42. The third-order valence-corrected chi connectivity index (χ3v) is 7.05. The Labute approximate surface area is 213 Å². The highest BCUT2D eigenvalue weighted by Crippen LogP contribution is 2.34. The first-order valence-corrected chi connectivity index (χ1v) is 12.7. The molecule has 0 saturated carbocycles. The van der Waals surface area contributed by atoms with Gasteiger partial charge in [0.2, 0.25) is 5.91 Å². The minimum absolute atomic E-state index is 0.00488. The van der Waals surface area contributed by atoms with Gasteiger partial charge in [-0.2, -0.15) is 0 Å². The number of carbonyl (C=O) groups excluding carboxylic acids is 2. The summed E-state index contributed by atoms with van der Waals surface area (Å²) in [5, 5.41) is 4.16. The molecule has 0 unspecified atom stereocenters. The van der Waals surface area contributed by atoms with E-state index >= 15 is 0 Å². The van der Waals surface area contributed by atoms with E-state index in [1.54, 1.807) is 4.90 Å². The van der Waals surface area contributed by atoms with Crippen LogP contribution < -0.4 is 5.32 Å². The summed E-state index contributed by atoms with van der Waals surface area (Å²) in [6, 6.07) is 24.4. The molecule has 0 radical (unpaired) electrons. The highest BCUT2D eigenvalue weighted by Gasteiger charge is 2.42. The normalized spacial score (nSPS) is 16.3. The summed E-state index contributed by atoms with van der Waals surface area (Å²) in [6.45, 7) is 0.510. The third kappa shape index (κ3) is 5.31. The van der Waals surface area contributed by atoms with E-state index in [-0.39, 0.29) is 18.2 Å². The number of halogens is 1. The molecule has 2 aliphatic rings. The van der Waals surface area contributed by atoms with E-state index in [0.717, 1.165) is 28.8 Å². The summed E-state index contributed by atoms with van der Waals surface area (Å²) < 4.78 is 0. The molecule has 2 aliphatic heterocycles. The van der Waals surface area contributed by atoms with Crippen LogP contribution in [0.3, 0.4) is 0 Å². The number of amides is 2. The Balaban J connectivity index is 1.29. The molecule has 176 valence electrons. The van der Waals surface area contributed by atoms with Crippen LogP contribution in [0.2, 0.25) is 5.02 Å². The van der Waals surface area contributed by atoms with E-state index in [2.05, 4.69) is 10.3 Å². The summed E-state index contributed by atoms with van der Waals surface area (Å²) in [5.74, 6) is 0.764. The molecule has 2 heterocycles. The maximum absolute atomic E-state index is 13.4. The zero-order valence-corrected chi connectivity index (χ0v) is 20.4. The van der Waals surface area contributed by atoms with Crippen molar-refractivity contribution in [3.05, 3.63) is 101 Å². The number of carbonyl (C=O) groups is 2. The van der Waals surface area contributed by atoms with Crippen molar-refractivity contribution in [1.82, 2.24) is 10.2 Å². The Morgan fingerprint density at radius 3 is 2.51 bits per heavy atom. The van der Waals surface area contributed by atoms with Gasteiger partial charge in [0.15, 0.2) is 5.17 Å². The fourth-order valence-electron chi connectivity index (χ4n) is 4.00. The number of fused-ring (bicyclic) bond motifs is 3. The number of thioether (sulfide) groups is 1. The van der Waals surface area contributed by atoms with Crippen LogP contribution in [0.1, 0.15) is 23.1 Å². The Kier molecular flexibility index (Phi) is 6.97. The van der Waals surface area contributed by atoms with Crippen LogP contribution in [-0.4, -0.2) is 40.3 Å². The molecule has 0 saturated heterocycles. The van der Waals surface area contributed by atoms with E-state index in [9.17, 15) is 9.59 Å². The van der Waals surface area contributed by atoms with Crippen molar-refractivity contribution in [3.8, 4) is 0 Å². The zero-order valence-electron chi connectivity index (χ0n) is 18.9. The molecule has 3 aromatic carbocycles. The number of rotatable bonds is 7. The van der Waals surface area contributed by atoms with Crippen molar-refractivity contribution in [2.24, 2.45) is 9.98 Å². The number of hydrogen-bond acceptors (Lipinski definition) is 5.